The van der Waals surface area contributed by atoms with Crippen molar-refractivity contribution >= 4 is 17.2 Å². The molecule has 1 aromatic heterocycles. The van der Waals surface area contributed by atoms with Gasteiger partial charge < -0.3 is 9.64 Å². The van der Waals surface area contributed by atoms with Gasteiger partial charge in [-0.15, -0.1) is 11.3 Å². The average molecular weight is 319 g/mol. The van der Waals surface area contributed by atoms with Gasteiger partial charge in [-0.1, -0.05) is 6.07 Å². The fourth-order valence-corrected chi connectivity index (χ4v) is 3.39. The van der Waals surface area contributed by atoms with E-state index < -0.39 is 0 Å². The summed E-state index contributed by atoms with van der Waals surface area (Å²) in [6.45, 7) is 1.96. The fraction of sp³-hybridized carbons (Fsp3) is 0.353. The van der Waals surface area contributed by atoms with Gasteiger partial charge in [-0.25, -0.2) is 4.39 Å². The largest absolute Gasteiger partial charge is 0.381 e. The van der Waals surface area contributed by atoms with Crippen molar-refractivity contribution in [2.24, 2.45) is 0 Å². The molecule has 0 unspecified atom stereocenters. The molecule has 3 nitrogen and oxygen atoms in total. The lowest BCUT2D eigenvalue weighted by Gasteiger charge is -2.34. The second-order valence-electron chi connectivity index (χ2n) is 5.36. The zero-order valence-corrected chi connectivity index (χ0v) is 13.0. The predicted octanol–water partition coefficient (Wildman–Crippen LogP) is 3.71. The summed E-state index contributed by atoms with van der Waals surface area (Å²) < 4.78 is 18.5. The zero-order chi connectivity index (χ0) is 15.4. The van der Waals surface area contributed by atoms with Crippen LogP contribution >= 0.6 is 11.3 Å². The number of hydrogen-bond donors (Lipinski definition) is 0. The molecule has 0 aliphatic carbocycles. The van der Waals surface area contributed by atoms with Crippen molar-refractivity contribution < 1.29 is 13.9 Å². The van der Waals surface area contributed by atoms with Crippen LogP contribution in [0.15, 0.2) is 41.8 Å². The number of halogens is 1. The Morgan fingerprint density at radius 2 is 1.95 bits per heavy atom. The van der Waals surface area contributed by atoms with E-state index in [0.717, 1.165) is 17.7 Å². The summed E-state index contributed by atoms with van der Waals surface area (Å²) in [6, 6.07) is 9.98. The van der Waals surface area contributed by atoms with Gasteiger partial charge >= 0.3 is 0 Å². The lowest BCUT2D eigenvalue weighted by atomic mass is 10.0. The normalized spacial score (nSPS) is 15.7. The van der Waals surface area contributed by atoms with Crippen molar-refractivity contribution in [1.82, 2.24) is 4.90 Å². The van der Waals surface area contributed by atoms with Gasteiger partial charge in [0.25, 0.3) is 5.91 Å². The first kappa shape index (κ1) is 15.2. The molecular weight excluding hydrogens is 301 g/mol. The van der Waals surface area contributed by atoms with Crippen LogP contribution in [0.1, 0.15) is 28.1 Å². The Kier molecular flexibility index (Phi) is 4.85. The van der Waals surface area contributed by atoms with Crippen molar-refractivity contribution in [3.8, 4) is 0 Å². The van der Waals surface area contributed by atoms with Gasteiger partial charge in [-0.3, -0.25) is 4.79 Å². The van der Waals surface area contributed by atoms with E-state index in [9.17, 15) is 9.18 Å². The number of carbonyl (C=O) groups excluding carboxylic acids is 1. The van der Waals surface area contributed by atoms with Gasteiger partial charge in [0.15, 0.2) is 0 Å². The monoisotopic (exact) mass is 319 g/mol. The number of rotatable bonds is 4. The van der Waals surface area contributed by atoms with E-state index in [-0.39, 0.29) is 17.8 Å². The Balaban J connectivity index is 1.82. The molecule has 22 heavy (non-hydrogen) atoms. The number of benzene rings is 1. The number of hydrogen-bond acceptors (Lipinski definition) is 3. The maximum absolute atomic E-state index is 13.1. The molecule has 1 aromatic carbocycles. The molecule has 2 aromatic rings. The second-order valence-corrected chi connectivity index (χ2v) is 6.40. The van der Waals surface area contributed by atoms with Crippen molar-refractivity contribution in [3.63, 3.8) is 0 Å². The number of nitrogens with zero attached hydrogens (tertiary/aromatic N) is 1. The molecule has 1 saturated heterocycles. The summed E-state index contributed by atoms with van der Waals surface area (Å²) in [7, 11) is 0. The van der Waals surface area contributed by atoms with Crippen LogP contribution in [-0.4, -0.2) is 30.1 Å². The maximum atomic E-state index is 13.1. The summed E-state index contributed by atoms with van der Waals surface area (Å²) >= 11 is 1.65. The van der Waals surface area contributed by atoms with Crippen LogP contribution in [-0.2, 0) is 11.3 Å². The minimum Gasteiger partial charge on any atom is -0.381 e. The third-order valence-electron chi connectivity index (χ3n) is 3.89. The third-order valence-corrected chi connectivity index (χ3v) is 4.75. The summed E-state index contributed by atoms with van der Waals surface area (Å²) in [5.74, 6) is -0.368. The minimum absolute atomic E-state index is 0.0414. The highest BCUT2D eigenvalue weighted by Gasteiger charge is 2.27. The van der Waals surface area contributed by atoms with Crippen LogP contribution < -0.4 is 0 Å². The number of ether oxygens (including phenoxy) is 1. The van der Waals surface area contributed by atoms with Gasteiger partial charge in [-0.2, -0.15) is 0 Å². The molecule has 3 rings (SSSR count). The van der Waals surface area contributed by atoms with Gasteiger partial charge in [0.2, 0.25) is 0 Å². The Bertz CT molecular complexity index is 606. The topological polar surface area (TPSA) is 29.5 Å². The molecule has 5 heteroatoms. The molecule has 0 radical (unpaired) electrons. The van der Waals surface area contributed by atoms with Crippen molar-refractivity contribution in [2.45, 2.75) is 25.4 Å². The Morgan fingerprint density at radius 1 is 1.23 bits per heavy atom. The molecular formula is C17H18FNO2S. The first-order chi connectivity index (χ1) is 10.7. The predicted molar refractivity (Wildman–Crippen MR) is 84.4 cm³/mol. The molecule has 0 bridgehead atoms. The van der Waals surface area contributed by atoms with E-state index in [2.05, 4.69) is 0 Å². The smallest absolute Gasteiger partial charge is 0.254 e. The van der Waals surface area contributed by atoms with E-state index in [4.69, 9.17) is 4.74 Å². The van der Waals surface area contributed by atoms with Crippen LogP contribution in [0.5, 0.6) is 0 Å². The molecule has 2 heterocycles. The highest BCUT2D eigenvalue weighted by atomic mass is 32.1. The molecule has 1 amide bonds. The van der Waals surface area contributed by atoms with E-state index in [1.54, 1.807) is 23.5 Å². The van der Waals surface area contributed by atoms with E-state index in [1.807, 2.05) is 22.4 Å². The van der Waals surface area contributed by atoms with E-state index >= 15 is 0 Å². The molecule has 0 saturated carbocycles. The summed E-state index contributed by atoms with van der Waals surface area (Å²) in [5, 5.41) is 2.01. The number of thiophene rings is 1. The molecule has 1 fully saturated rings. The van der Waals surface area contributed by atoms with Crippen LogP contribution in [0.4, 0.5) is 4.39 Å². The molecule has 0 N–H and O–H groups in total. The second kappa shape index (κ2) is 7.03. The van der Waals surface area contributed by atoms with Crippen molar-refractivity contribution in [1.29, 1.82) is 0 Å². The van der Waals surface area contributed by atoms with Crippen LogP contribution in [0.2, 0.25) is 0 Å². The Labute approximate surface area is 133 Å². The molecule has 0 spiro atoms. The van der Waals surface area contributed by atoms with E-state index in [0.29, 0.717) is 25.3 Å². The van der Waals surface area contributed by atoms with Gasteiger partial charge in [0.1, 0.15) is 5.82 Å². The highest BCUT2D eigenvalue weighted by molar-refractivity contribution is 7.09. The summed E-state index contributed by atoms with van der Waals surface area (Å²) in [6.07, 6.45) is 1.69. The lowest BCUT2D eigenvalue weighted by molar-refractivity contribution is 0.0270. The average Bonchev–Trinajstić information content (AvgIpc) is 3.07. The Hall–Kier alpha value is -1.72. The van der Waals surface area contributed by atoms with Crippen LogP contribution in [0, 0.1) is 5.82 Å². The first-order valence-electron chi connectivity index (χ1n) is 7.41. The third kappa shape index (κ3) is 3.54. The van der Waals surface area contributed by atoms with Gasteiger partial charge in [0.05, 0.1) is 6.54 Å². The van der Waals surface area contributed by atoms with Crippen molar-refractivity contribution in [2.75, 3.05) is 13.2 Å². The minimum atomic E-state index is -0.326. The summed E-state index contributed by atoms with van der Waals surface area (Å²) in [4.78, 5) is 15.9. The van der Waals surface area contributed by atoms with E-state index in [1.165, 1.54) is 12.1 Å². The Morgan fingerprint density at radius 3 is 2.59 bits per heavy atom. The molecule has 0 atom stereocenters. The standard InChI is InChI=1S/C17H18FNO2S/c18-14-5-3-13(4-6-14)17(20)19(12-16-2-1-11-22-16)15-7-9-21-10-8-15/h1-6,11,15H,7-10,12H2. The zero-order valence-electron chi connectivity index (χ0n) is 12.2. The highest BCUT2D eigenvalue weighted by Crippen LogP contribution is 2.22. The SMILES string of the molecule is O=C(c1ccc(F)cc1)N(Cc1cccs1)C1CCOCC1. The molecule has 116 valence electrons. The quantitative estimate of drug-likeness (QED) is 0.860. The molecule has 1 aliphatic rings. The van der Waals surface area contributed by atoms with Crippen molar-refractivity contribution in [3.05, 3.63) is 58.0 Å². The maximum Gasteiger partial charge on any atom is 0.254 e. The number of carbonyl (C=O) groups is 1. The van der Waals surface area contributed by atoms with Gasteiger partial charge in [0, 0.05) is 29.7 Å². The van der Waals surface area contributed by atoms with Crippen LogP contribution in [0.3, 0.4) is 0 Å². The summed E-state index contributed by atoms with van der Waals surface area (Å²) in [5.41, 5.74) is 0.532. The fourth-order valence-electron chi connectivity index (χ4n) is 2.69. The lowest BCUT2D eigenvalue weighted by Crippen LogP contribution is -2.42. The molecule has 1 aliphatic heterocycles. The number of amides is 1. The first-order valence-corrected chi connectivity index (χ1v) is 8.28. The van der Waals surface area contributed by atoms with Gasteiger partial charge in [-0.05, 0) is 48.6 Å². The van der Waals surface area contributed by atoms with Crippen LogP contribution in [0.25, 0.3) is 0 Å².